The lowest BCUT2D eigenvalue weighted by molar-refractivity contribution is 0.0782. The van der Waals surface area contributed by atoms with E-state index < -0.39 is 21.7 Å². The number of primary sulfonamides is 1. The fourth-order valence-corrected chi connectivity index (χ4v) is 2.68. The number of nitrogens with zero attached hydrogens (tertiary/aromatic N) is 1. The molecule has 2 N–H and O–H groups in total. The molecule has 1 saturated carbocycles. The summed E-state index contributed by atoms with van der Waals surface area (Å²) in [4.78, 5) is 13.3. The zero-order valence-corrected chi connectivity index (χ0v) is 12.2. The molecule has 110 valence electrons. The maximum Gasteiger partial charge on any atom is 0.256 e. The number of carbonyl (C=O) groups is 1. The monoisotopic (exact) mass is 300 g/mol. The Morgan fingerprint density at radius 3 is 2.60 bits per heavy atom. The highest BCUT2D eigenvalue weighted by Crippen LogP contribution is 2.38. The Morgan fingerprint density at radius 1 is 1.50 bits per heavy atom. The van der Waals surface area contributed by atoms with E-state index in [1.54, 1.807) is 7.05 Å². The van der Waals surface area contributed by atoms with E-state index in [0.29, 0.717) is 18.4 Å². The van der Waals surface area contributed by atoms with Crippen LogP contribution in [0.2, 0.25) is 0 Å². The van der Waals surface area contributed by atoms with Crippen molar-refractivity contribution in [2.24, 2.45) is 17.0 Å². The second-order valence-electron chi connectivity index (χ2n) is 5.35. The van der Waals surface area contributed by atoms with Crippen molar-refractivity contribution in [2.45, 2.75) is 18.2 Å². The Labute approximate surface area is 117 Å². The van der Waals surface area contributed by atoms with E-state index in [9.17, 15) is 17.6 Å². The maximum atomic E-state index is 13.7. The summed E-state index contributed by atoms with van der Waals surface area (Å²) in [5.74, 6) is -0.274. The van der Waals surface area contributed by atoms with Crippen molar-refractivity contribution in [3.05, 3.63) is 29.6 Å². The fraction of sp³-hybridized carbons (Fsp3) is 0.462. The molecular formula is C13H17FN2O3S. The molecule has 0 radical (unpaired) electrons. The van der Waals surface area contributed by atoms with E-state index in [2.05, 4.69) is 6.92 Å². The summed E-state index contributed by atoms with van der Waals surface area (Å²) in [5, 5.41) is 4.99. The van der Waals surface area contributed by atoms with Crippen molar-refractivity contribution >= 4 is 15.9 Å². The molecule has 0 aliphatic heterocycles. The van der Waals surface area contributed by atoms with Crippen LogP contribution in [0.4, 0.5) is 4.39 Å². The highest BCUT2D eigenvalue weighted by Gasteiger charge is 2.34. The minimum Gasteiger partial charge on any atom is -0.341 e. The first-order valence-electron chi connectivity index (χ1n) is 6.28. The largest absolute Gasteiger partial charge is 0.341 e. The summed E-state index contributed by atoms with van der Waals surface area (Å²) in [6, 6.07) is 2.98. The number of nitrogens with two attached hydrogens (primary N) is 1. The lowest BCUT2D eigenvalue weighted by atomic mass is 10.2. The van der Waals surface area contributed by atoms with Gasteiger partial charge < -0.3 is 4.90 Å². The van der Waals surface area contributed by atoms with Gasteiger partial charge in [-0.1, -0.05) is 6.92 Å². The third-order valence-corrected chi connectivity index (χ3v) is 4.54. The molecule has 1 fully saturated rings. The number of sulfonamides is 1. The Kier molecular flexibility index (Phi) is 3.84. The molecule has 0 aromatic heterocycles. The molecule has 20 heavy (non-hydrogen) atoms. The van der Waals surface area contributed by atoms with E-state index in [-0.39, 0.29) is 10.5 Å². The molecule has 2 unspecified atom stereocenters. The van der Waals surface area contributed by atoms with Crippen LogP contribution in [0.3, 0.4) is 0 Å². The molecule has 1 aromatic rings. The lowest BCUT2D eigenvalue weighted by Crippen LogP contribution is -2.30. The van der Waals surface area contributed by atoms with E-state index in [4.69, 9.17) is 5.14 Å². The average Bonchev–Trinajstić information content (AvgIpc) is 3.03. The number of carbonyl (C=O) groups excluding carboxylic acids is 1. The normalized spacial score (nSPS) is 21.6. The van der Waals surface area contributed by atoms with Crippen LogP contribution in [-0.4, -0.2) is 32.8 Å². The van der Waals surface area contributed by atoms with E-state index in [0.717, 1.165) is 24.6 Å². The molecule has 5 nitrogen and oxygen atoms in total. The zero-order valence-electron chi connectivity index (χ0n) is 11.3. The Morgan fingerprint density at radius 2 is 2.10 bits per heavy atom. The van der Waals surface area contributed by atoms with Gasteiger partial charge in [0.1, 0.15) is 5.82 Å². The van der Waals surface area contributed by atoms with Crippen LogP contribution < -0.4 is 5.14 Å². The minimum absolute atomic E-state index is 0.268. The van der Waals surface area contributed by atoms with Crippen molar-refractivity contribution in [2.75, 3.05) is 13.6 Å². The maximum absolute atomic E-state index is 13.7. The summed E-state index contributed by atoms with van der Waals surface area (Å²) >= 11 is 0. The molecular weight excluding hydrogens is 283 g/mol. The van der Waals surface area contributed by atoms with Gasteiger partial charge in [0, 0.05) is 13.6 Å². The molecule has 2 atom stereocenters. The SMILES string of the molecule is CC1CC1CN(C)C(=O)c1cc(S(N)(=O)=O)ccc1F. The first kappa shape index (κ1) is 14.9. The molecule has 7 heteroatoms. The van der Waals surface area contributed by atoms with Gasteiger partial charge in [-0.3, -0.25) is 4.79 Å². The van der Waals surface area contributed by atoms with Gasteiger partial charge in [-0.25, -0.2) is 17.9 Å². The average molecular weight is 300 g/mol. The molecule has 1 aliphatic carbocycles. The number of benzene rings is 1. The van der Waals surface area contributed by atoms with Crippen molar-refractivity contribution in [1.29, 1.82) is 0 Å². The molecule has 1 aliphatic rings. The molecule has 2 rings (SSSR count). The summed E-state index contributed by atoms with van der Waals surface area (Å²) in [7, 11) is -2.38. The Balaban J connectivity index is 2.24. The lowest BCUT2D eigenvalue weighted by Gasteiger charge is -2.17. The van der Waals surface area contributed by atoms with Crippen molar-refractivity contribution < 1.29 is 17.6 Å². The van der Waals surface area contributed by atoms with Crippen molar-refractivity contribution in [3.8, 4) is 0 Å². The Hall–Kier alpha value is -1.47. The van der Waals surface area contributed by atoms with Gasteiger partial charge in [0.05, 0.1) is 10.5 Å². The van der Waals surface area contributed by atoms with Gasteiger partial charge in [0.15, 0.2) is 0 Å². The van der Waals surface area contributed by atoms with Crippen LogP contribution in [0.5, 0.6) is 0 Å². The molecule has 1 amide bonds. The van der Waals surface area contributed by atoms with Gasteiger partial charge in [0.2, 0.25) is 10.0 Å². The van der Waals surface area contributed by atoms with Crippen LogP contribution in [0.15, 0.2) is 23.1 Å². The van der Waals surface area contributed by atoms with Gasteiger partial charge in [-0.15, -0.1) is 0 Å². The predicted molar refractivity (Wildman–Crippen MR) is 72.0 cm³/mol. The summed E-state index contributed by atoms with van der Waals surface area (Å²) < 4.78 is 36.2. The topological polar surface area (TPSA) is 80.5 Å². The van der Waals surface area contributed by atoms with Crippen molar-refractivity contribution in [1.82, 2.24) is 4.90 Å². The molecule has 0 saturated heterocycles. The van der Waals surface area contributed by atoms with Crippen LogP contribution in [-0.2, 0) is 10.0 Å². The summed E-state index contributed by atoms with van der Waals surface area (Å²) in [6.45, 7) is 2.63. The van der Waals surface area contributed by atoms with Crippen LogP contribution in [0.25, 0.3) is 0 Å². The van der Waals surface area contributed by atoms with Crippen LogP contribution in [0.1, 0.15) is 23.7 Å². The third-order valence-electron chi connectivity index (χ3n) is 3.63. The van der Waals surface area contributed by atoms with Crippen LogP contribution >= 0.6 is 0 Å². The number of halogens is 1. The molecule has 0 heterocycles. The zero-order chi connectivity index (χ0) is 15.1. The van der Waals surface area contributed by atoms with Crippen LogP contribution in [0, 0.1) is 17.7 Å². The summed E-state index contributed by atoms with van der Waals surface area (Å²) in [5.41, 5.74) is -0.271. The first-order valence-corrected chi connectivity index (χ1v) is 7.82. The number of hydrogen-bond donors (Lipinski definition) is 1. The standard InChI is InChI=1S/C13H17FN2O3S/c1-8-5-9(8)7-16(2)13(17)11-6-10(20(15,18)19)3-4-12(11)14/h3-4,6,8-9H,5,7H2,1-2H3,(H2,15,18,19). The highest BCUT2D eigenvalue weighted by atomic mass is 32.2. The second kappa shape index (κ2) is 5.14. The number of rotatable bonds is 4. The number of amides is 1. The Bertz CT molecular complexity index is 645. The van der Waals surface area contributed by atoms with E-state index in [1.165, 1.54) is 4.90 Å². The van der Waals surface area contributed by atoms with Gasteiger partial charge >= 0.3 is 0 Å². The van der Waals surface area contributed by atoms with E-state index >= 15 is 0 Å². The molecule has 0 bridgehead atoms. The molecule has 1 aromatic carbocycles. The predicted octanol–water partition coefficient (Wildman–Crippen LogP) is 1.20. The van der Waals surface area contributed by atoms with Gasteiger partial charge in [-0.05, 0) is 36.5 Å². The fourth-order valence-electron chi connectivity index (χ4n) is 2.14. The number of hydrogen-bond acceptors (Lipinski definition) is 3. The minimum atomic E-state index is -3.96. The highest BCUT2D eigenvalue weighted by molar-refractivity contribution is 7.89. The molecule has 0 spiro atoms. The smallest absolute Gasteiger partial charge is 0.256 e. The third kappa shape index (κ3) is 3.16. The first-order chi connectivity index (χ1) is 9.20. The summed E-state index contributed by atoms with van der Waals surface area (Å²) in [6.07, 6.45) is 1.05. The quantitative estimate of drug-likeness (QED) is 0.907. The van der Waals surface area contributed by atoms with E-state index in [1.807, 2.05) is 0 Å². The van der Waals surface area contributed by atoms with Crippen molar-refractivity contribution in [3.63, 3.8) is 0 Å². The second-order valence-corrected chi connectivity index (χ2v) is 6.91. The van der Waals surface area contributed by atoms with Gasteiger partial charge in [0.25, 0.3) is 5.91 Å². The van der Waals surface area contributed by atoms with Gasteiger partial charge in [-0.2, -0.15) is 0 Å².